The summed E-state index contributed by atoms with van der Waals surface area (Å²) in [5.74, 6) is 0.584. The molecule has 1 aliphatic rings. The van der Waals surface area contributed by atoms with Gasteiger partial charge in [-0.25, -0.2) is 4.79 Å². The molecule has 104 valence electrons. The van der Waals surface area contributed by atoms with Crippen molar-refractivity contribution >= 4 is 29.1 Å². The molecular formula is C13H14ClN5O. The highest BCUT2D eigenvalue weighted by Gasteiger charge is 2.17. The standard InChI is InChI=1S/C13H14ClN5O/c14-8-2-1-3-9(6-8)16-13(20)17-12-10-4-5-15-7-11(10)18-19-12/h1-3,6,15H,4-5,7H2,(H3,16,17,18,19,20). The van der Waals surface area contributed by atoms with Gasteiger partial charge >= 0.3 is 6.03 Å². The molecule has 0 fully saturated rings. The highest BCUT2D eigenvalue weighted by atomic mass is 35.5. The number of halogens is 1. The Bertz CT molecular complexity index is 639. The highest BCUT2D eigenvalue weighted by Crippen LogP contribution is 2.20. The lowest BCUT2D eigenvalue weighted by atomic mass is 10.1. The normalized spacial score (nSPS) is 13.7. The van der Waals surface area contributed by atoms with Crippen LogP contribution in [0.1, 0.15) is 11.3 Å². The molecular weight excluding hydrogens is 278 g/mol. The Balaban J connectivity index is 1.69. The Morgan fingerprint density at radius 3 is 3.10 bits per heavy atom. The van der Waals surface area contributed by atoms with E-state index < -0.39 is 0 Å². The number of nitrogens with zero attached hydrogens (tertiary/aromatic N) is 1. The maximum Gasteiger partial charge on any atom is 0.324 e. The highest BCUT2D eigenvalue weighted by molar-refractivity contribution is 6.30. The fourth-order valence-electron chi connectivity index (χ4n) is 2.18. The third kappa shape index (κ3) is 2.76. The molecule has 0 spiro atoms. The van der Waals surface area contributed by atoms with Crippen LogP contribution in [0.25, 0.3) is 0 Å². The fraction of sp³-hybridized carbons (Fsp3) is 0.231. The number of aromatic amines is 1. The molecule has 0 saturated heterocycles. The second-order valence-electron chi connectivity index (χ2n) is 4.55. The van der Waals surface area contributed by atoms with Crippen molar-refractivity contribution < 1.29 is 4.79 Å². The molecule has 3 rings (SSSR count). The maximum absolute atomic E-state index is 11.9. The number of nitrogens with one attached hydrogen (secondary N) is 4. The largest absolute Gasteiger partial charge is 0.324 e. The number of benzene rings is 1. The van der Waals surface area contributed by atoms with Crippen LogP contribution in [0.2, 0.25) is 5.02 Å². The van der Waals surface area contributed by atoms with Gasteiger partial charge in [0.1, 0.15) is 0 Å². The zero-order valence-corrected chi connectivity index (χ0v) is 11.4. The van der Waals surface area contributed by atoms with Gasteiger partial charge < -0.3 is 10.6 Å². The molecule has 2 amide bonds. The van der Waals surface area contributed by atoms with E-state index in [1.54, 1.807) is 24.3 Å². The topological polar surface area (TPSA) is 81.8 Å². The molecule has 0 radical (unpaired) electrons. The molecule has 6 nitrogen and oxygen atoms in total. The quantitative estimate of drug-likeness (QED) is 0.685. The number of urea groups is 1. The lowest BCUT2D eigenvalue weighted by molar-refractivity contribution is 0.262. The van der Waals surface area contributed by atoms with E-state index in [-0.39, 0.29) is 6.03 Å². The summed E-state index contributed by atoms with van der Waals surface area (Å²) in [6, 6.07) is 6.66. The number of amides is 2. The molecule has 2 heterocycles. The summed E-state index contributed by atoms with van der Waals surface area (Å²) in [5, 5.41) is 16.4. The lowest BCUT2D eigenvalue weighted by Gasteiger charge is -2.13. The van der Waals surface area contributed by atoms with Crippen molar-refractivity contribution in [1.82, 2.24) is 15.5 Å². The molecule has 0 unspecified atom stereocenters. The SMILES string of the molecule is O=C(Nc1cccc(Cl)c1)Nc1n[nH]c2c1CCNC2. The van der Waals surface area contributed by atoms with Crippen LogP contribution in [0.5, 0.6) is 0 Å². The van der Waals surface area contributed by atoms with Gasteiger partial charge in [0.25, 0.3) is 0 Å². The summed E-state index contributed by atoms with van der Waals surface area (Å²) in [6.07, 6.45) is 0.846. The summed E-state index contributed by atoms with van der Waals surface area (Å²) in [5.41, 5.74) is 2.72. The summed E-state index contributed by atoms with van der Waals surface area (Å²) in [4.78, 5) is 11.9. The molecule has 1 aromatic carbocycles. The van der Waals surface area contributed by atoms with Crippen molar-refractivity contribution in [3.63, 3.8) is 0 Å². The molecule has 7 heteroatoms. The molecule has 1 aliphatic heterocycles. The van der Waals surface area contributed by atoms with Crippen LogP contribution < -0.4 is 16.0 Å². The monoisotopic (exact) mass is 291 g/mol. The van der Waals surface area contributed by atoms with Crippen molar-refractivity contribution in [3.8, 4) is 0 Å². The first-order valence-electron chi connectivity index (χ1n) is 6.33. The van der Waals surface area contributed by atoms with Crippen molar-refractivity contribution in [2.75, 3.05) is 17.2 Å². The molecule has 4 N–H and O–H groups in total. The van der Waals surface area contributed by atoms with Crippen molar-refractivity contribution in [2.24, 2.45) is 0 Å². The first-order valence-corrected chi connectivity index (χ1v) is 6.70. The Hall–Kier alpha value is -2.05. The number of aromatic nitrogens is 2. The summed E-state index contributed by atoms with van der Waals surface area (Å²) in [6.45, 7) is 1.64. The van der Waals surface area contributed by atoms with Crippen LogP contribution in [0.3, 0.4) is 0 Å². The number of carbonyl (C=O) groups is 1. The van der Waals surface area contributed by atoms with Gasteiger partial charge in [0.05, 0.1) is 5.69 Å². The minimum Gasteiger partial charge on any atom is -0.311 e. The molecule has 20 heavy (non-hydrogen) atoms. The van der Waals surface area contributed by atoms with Crippen LogP contribution >= 0.6 is 11.6 Å². The van der Waals surface area contributed by atoms with Gasteiger partial charge in [0, 0.05) is 22.8 Å². The average molecular weight is 292 g/mol. The van der Waals surface area contributed by atoms with Crippen molar-refractivity contribution in [1.29, 1.82) is 0 Å². The van der Waals surface area contributed by atoms with Gasteiger partial charge in [0.2, 0.25) is 0 Å². The van der Waals surface area contributed by atoms with Crippen molar-refractivity contribution in [2.45, 2.75) is 13.0 Å². The second-order valence-corrected chi connectivity index (χ2v) is 4.98. The van der Waals surface area contributed by atoms with Crippen LogP contribution in [0.15, 0.2) is 24.3 Å². The Labute approximate surface area is 120 Å². The molecule has 0 aliphatic carbocycles. The fourth-order valence-corrected chi connectivity index (χ4v) is 2.37. The number of hydrogen-bond donors (Lipinski definition) is 4. The number of carbonyl (C=O) groups excluding carboxylic acids is 1. The van der Waals surface area contributed by atoms with Crippen LogP contribution in [0.4, 0.5) is 16.3 Å². The first kappa shape index (κ1) is 13.0. The first-order chi connectivity index (χ1) is 9.72. The Morgan fingerprint density at radius 1 is 1.35 bits per heavy atom. The zero-order valence-electron chi connectivity index (χ0n) is 10.7. The van der Waals surface area contributed by atoms with E-state index in [2.05, 4.69) is 26.1 Å². The van der Waals surface area contributed by atoms with Crippen LogP contribution in [-0.2, 0) is 13.0 Å². The smallest absolute Gasteiger partial charge is 0.311 e. The van der Waals surface area contributed by atoms with Gasteiger partial charge in [-0.1, -0.05) is 17.7 Å². The van der Waals surface area contributed by atoms with Gasteiger partial charge in [-0.05, 0) is 31.2 Å². The number of H-pyrrole nitrogens is 1. The lowest BCUT2D eigenvalue weighted by Crippen LogP contribution is -2.25. The average Bonchev–Trinajstić information content (AvgIpc) is 2.82. The molecule has 0 saturated carbocycles. The maximum atomic E-state index is 11.9. The number of hydrogen-bond acceptors (Lipinski definition) is 3. The van der Waals surface area contributed by atoms with E-state index in [0.29, 0.717) is 16.5 Å². The minimum absolute atomic E-state index is 0.333. The Morgan fingerprint density at radius 2 is 2.25 bits per heavy atom. The van der Waals surface area contributed by atoms with E-state index in [4.69, 9.17) is 11.6 Å². The molecule has 2 aromatic rings. The summed E-state index contributed by atoms with van der Waals surface area (Å²) < 4.78 is 0. The van der Waals surface area contributed by atoms with E-state index >= 15 is 0 Å². The second kappa shape index (κ2) is 5.52. The van der Waals surface area contributed by atoms with Gasteiger partial charge in [-0.2, -0.15) is 5.10 Å². The van der Waals surface area contributed by atoms with Gasteiger partial charge in [-0.3, -0.25) is 10.4 Å². The van der Waals surface area contributed by atoms with E-state index in [1.807, 2.05) is 0 Å². The number of rotatable bonds is 2. The van der Waals surface area contributed by atoms with E-state index in [0.717, 1.165) is 30.8 Å². The zero-order chi connectivity index (χ0) is 13.9. The summed E-state index contributed by atoms with van der Waals surface area (Å²) >= 11 is 5.87. The van der Waals surface area contributed by atoms with Crippen molar-refractivity contribution in [3.05, 3.63) is 40.5 Å². The number of fused-ring (bicyclic) bond motifs is 1. The predicted molar refractivity (Wildman–Crippen MR) is 78.1 cm³/mol. The van der Waals surface area contributed by atoms with E-state index in [1.165, 1.54) is 0 Å². The Kier molecular flexibility index (Phi) is 3.58. The molecule has 0 bridgehead atoms. The third-order valence-electron chi connectivity index (χ3n) is 3.12. The number of anilines is 2. The van der Waals surface area contributed by atoms with Crippen LogP contribution in [-0.4, -0.2) is 22.8 Å². The van der Waals surface area contributed by atoms with Crippen LogP contribution in [0, 0.1) is 0 Å². The van der Waals surface area contributed by atoms with Gasteiger partial charge in [-0.15, -0.1) is 0 Å². The molecule has 0 atom stereocenters. The minimum atomic E-state index is -0.333. The summed E-state index contributed by atoms with van der Waals surface area (Å²) in [7, 11) is 0. The molecule has 1 aromatic heterocycles. The van der Waals surface area contributed by atoms with E-state index in [9.17, 15) is 4.79 Å². The predicted octanol–water partition coefficient (Wildman–Crippen LogP) is 2.35. The third-order valence-corrected chi connectivity index (χ3v) is 3.36. The van der Waals surface area contributed by atoms with Gasteiger partial charge in [0.15, 0.2) is 5.82 Å².